The van der Waals surface area contributed by atoms with Gasteiger partial charge in [-0.2, -0.15) is 28.2 Å². The van der Waals surface area contributed by atoms with Gasteiger partial charge in [-0.25, -0.2) is 9.97 Å². The number of hydrogen-bond donors (Lipinski definition) is 1. The highest BCUT2D eigenvalue weighted by Gasteiger charge is 2.46. The van der Waals surface area contributed by atoms with Crippen molar-refractivity contribution in [2.24, 2.45) is 0 Å². The van der Waals surface area contributed by atoms with Gasteiger partial charge in [0.1, 0.15) is 6.33 Å². The molecular formula is C21H16ClF3N6O. The topological polar surface area (TPSA) is 96.5 Å². The van der Waals surface area contributed by atoms with Crippen LogP contribution in [0.3, 0.4) is 0 Å². The van der Waals surface area contributed by atoms with Gasteiger partial charge in [-0.15, -0.1) is 0 Å². The van der Waals surface area contributed by atoms with Crippen molar-refractivity contribution < 1.29 is 18.0 Å². The monoisotopic (exact) mass is 460 g/mol. The summed E-state index contributed by atoms with van der Waals surface area (Å²) in [4.78, 5) is 21.2. The highest BCUT2D eigenvalue weighted by atomic mass is 35.5. The molecule has 1 aromatic carbocycles. The van der Waals surface area contributed by atoms with Crippen molar-refractivity contribution in [1.82, 2.24) is 25.1 Å². The second-order valence-electron chi connectivity index (χ2n) is 7.55. The third-order valence-corrected chi connectivity index (χ3v) is 5.50. The Morgan fingerprint density at radius 2 is 2.03 bits per heavy atom. The average Bonchev–Trinajstić information content (AvgIpc) is 3.41. The number of pyridine rings is 1. The fraction of sp³-hybridized carbons (Fsp3) is 0.286. The van der Waals surface area contributed by atoms with E-state index in [2.05, 4.69) is 26.5 Å². The molecule has 1 fully saturated rings. The summed E-state index contributed by atoms with van der Waals surface area (Å²) in [6.45, 7) is 1.63. The Hall–Kier alpha value is -3.45. The Morgan fingerprint density at radius 1 is 1.28 bits per heavy atom. The van der Waals surface area contributed by atoms with E-state index in [1.807, 2.05) is 0 Å². The summed E-state index contributed by atoms with van der Waals surface area (Å²) in [7, 11) is 0. The first-order chi connectivity index (χ1) is 15.1. The summed E-state index contributed by atoms with van der Waals surface area (Å²) < 4.78 is 41.7. The highest BCUT2D eigenvalue weighted by molar-refractivity contribution is 6.30. The average molecular weight is 461 g/mol. The van der Waals surface area contributed by atoms with Gasteiger partial charge in [0.25, 0.3) is 5.91 Å². The zero-order valence-corrected chi connectivity index (χ0v) is 17.4. The summed E-state index contributed by atoms with van der Waals surface area (Å²) in [5.74, 6) is 0.0160. The number of rotatable bonds is 5. The molecule has 0 unspecified atom stereocenters. The van der Waals surface area contributed by atoms with E-state index in [9.17, 15) is 23.2 Å². The second kappa shape index (κ2) is 7.91. The van der Waals surface area contributed by atoms with Crippen molar-refractivity contribution in [1.29, 1.82) is 5.26 Å². The van der Waals surface area contributed by atoms with Gasteiger partial charge in [-0.05, 0) is 55.7 Å². The first kappa shape index (κ1) is 21.8. The van der Waals surface area contributed by atoms with Gasteiger partial charge in [0.05, 0.1) is 28.1 Å². The molecule has 1 amide bonds. The summed E-state index contributed by atoms with van der Waals surface area (Å²) in [6, 6.07) is 7.67. The Balaban J connectivity index is 1.62. The number of carbonyl (C=O) groups excluding carboxylic acids is 1. The molecular weight excluding hydrogens is 445 g/mol. The van der Waals surface area contributed by atoms with E-state index in [-0.39, 0.29) is 11.1 Å². The molecule has 4 rings (SSSR count). The molecule has 0 radical (unpaired) electrons. The Morgan fingerprint density at radius 3 is 2.62 bits per heavy atom. The van der Waals surface area contributed by atoms with E-state index in [0.717, 1.165) is 12.1 Å². The molecule has 7 nitrogen and oxygen atoms in total. The van der Waals surface area contributed by atoms with Crippen molar-refractivity contribution in [2.75, 3.05) is 0 Å². The maximum atomic E-state index is 13.4. The van der Waals surface area contributed by atoms with Crippen molar-refractivity contribution >= 4 is 17.5 Å². The number of aromatic nitrogens is 4. The van der Waals surface area contributed by atoms with Gasteiger partial charge in [0.2, 0.25) is 0 Å². The normalized spacial score (nSPS) is 15.6. The minimum absolute atomic E-state index is 0.182. The Kier molecular flexibility index (Phi) is 5.38. The minimum Gasteiger partial charge on any atom is -0.342 e. The summed E-state index contributed by atoms with van der Waals surface area (Å²) in [6.07, 6.45) is -1.03. The van der Waals surface area contributed by atoms with Crippen LogP contribution in [0.2, 0.25) is 5.02 Å². The molecule has 11 heteroatoms. The van der Waals surface area contributed by atoms with Crippen molar-refractivity contribution in [2.45, 2.75) is 37.4 Å². The lowest BCUT2D eigenvalue weighted by atomic mass is 9.93. The lowest BCUT2D eigenvalue weighted by Crippen LogP contribution is -2.29. The molecule has 164 valence electrons. The Labute approximate surface area is 185 Å². The number of hydrogen-bond acceptors (Lipinski definition) is 5. The smallest absolute Gasteiger partial charge is 0.342 e. The molecule has 2 aromatic heterocycles. The van der Waals surface area contributed by atoms with Crippen molar-refractivity contribution in [3.63, 3.8) is 0 Å². The summed E-state index contributed by atoms with van der Waals surface area (Å²) in [5, 5.41) is 16.6. The lowest BCUT2D eigenvalue weighted by molar-refractivity contribution is -0.137. The standard InChI is InChI=1S/C21H16ClF3N6O/c1-12(18-28-11-29-31(18)17-3-2-16(22)9-27-17)30-19(32)13-6-14(20(10-26)4-5-20)8-15(7-13)21(23,24)25/h2-3,6-9,11-12H,4-5H2,1H3,(H,30,32)/t12-/m0/s1. The number of nitrogens with zero attached hydrogens (tertiary/aromatic N) is 5. The third kappa shape index (κ3) is 4.16. The first-order valence-corrected chi connectivity index (χ1v) is 9.97. The van der Waals surface area contributed by atoms with E-state index in [1.54, 1.807) is 19.1 Å². The maximum absolute atomic E-state index is 13.4. The molecule has 0 saturated heterocycles. The number of benzene rings is 1. The van der Waals surface area contributed by atoms with E-state index >= 15 is 0 Å². The molecule has 1 atom stereocenters. The van der Waals surface area contributed by atoms with Gasteiger partial charge in [-0.3, -0.25) is 4.79 Å². The fourth-order valence-corrected chi connectivity index (χ4v) is 3.46. The molecule has 0 spiro atoms. The summed E-state index contributed by atoms with van der Waals surface area (Å²) in [5.41, 5.74) is -1.93. The zero-order valence-electron chi connectivity index (χ0n) is 16.7. The SMILES string of the molecule is C[C@H](NC(=O)c1cc(C(F)(F)F)cc(C2(C#N)CC2)c1)c1ncnn1-c1ccc(Cl)cn1. The molecule has 2 heterocycles. The number of halogens is 4. The predicted molar refractivity (Wildman–Crippen MR) is 108 cm³/mol. The van der Waals surface area contributed by atoms with Gasteiger partial charge < -0.3 is 5.32 Å². The fourth-order valence-electron chi connectivity index (χ4n) is 3.35. The van der Waals surface area contributed by atoms with Gasteiger partial charge in [0, 0.05) is 11.8 Å². The number of nitrogens with one attached hydrogen (secondary N) is 1. The van der Waals surface area contributed by atoms with Crippen LogP contribution in [-0.2, 0) is 11.6 Å². The van der Waals surface area contributed by atoms with E-state index in [4.69, 9.17) is 11.6 Å². The lowest BCUT2D eigenvalue weighted by Gasteiger charge is -2.17. The molecule has 0 aliphatic heterocycles. The minimum atomic E-state index is -4.65. The predicted octanol–water partition coefficient (Wildman–Crippen LogP) is 4.38. The molecule has 3 aromatic rings. The largest absolute Gasteiger partial charge is 0.416 e. The first-order valence-electron chi connectivity index (χ1n) is 9.60. The van der Waals surface area contributed by atoms with Crippen LogP contribution in [0.4, 0.5) is 13.2 Å². The molecule has 1 aliphatic rings. The number of nitriles is 1. The van der Waals surface area contributed by atoms with Crippen LogP contribution in [-0.4, -0.2) is 25.7 Å². The molecule has 1 N–H and O–H groups in total. The molecule has 32 heavy (non-hydrogen) atoms. The molecule has 1 saturated carbocycles. The van der Waals surface area contributed by atoms with Crippen LogP contribution < -0.4 is 5.32 Å². The van der Waals surface area contributed by atoms with Crippen LogP contribution in [0.25, 0.3) is 5.82 Å². The number of amides is 1. The van der Waals surface area contributed by atoms with Crippen molar-refractivity contribution in [3.05, 3.63) is 70.4 Å². The quantitative estimate of drug-likeness (QED) is 0.609. The number of alkyl halides is 3. The number of carbonyl (C=O) groups is 1. The van der Waals surface area contributed by atoms with Gasteiger partial charge in [-0.1, -0.05) is 11.6 Å². The van der Waals surface area contributed by atoms with Crippen LogP contribution >= 0.6 is 11.6 Å². The summed E-state index contributed by atoms with van der Waals surface area (Å²) >= 11 is 5.85. The second-order valence-corrected chi connectivity index (χ2v) is 7.99. The molecule has 0 bridgehead atoms. The highest BCUT2D eigenvalue weighted by Crippen LogP contribution is 2.48. The van der Waals surface area contributed by atoms with Gasteiger partial charge in [0.15, 0.2) is 11.6 Å². The van der Waals surface area contributed by atoms with E-state index < -0.39 is 29.1 Å². The van der Waals surface area contributed by atoms with E-state index in [0.29, 0.717) is 29.5 Å². The maximum Gasteiger partial charge on any atom is 0.416 e. The van der Waals surface area contributed by atoms with E-state index in [1.165, 1.54) is 23.3 Å². The molecule has 1 aliphatic carbocycles. The van der Waals surface area contributed by atoms with Crippen LogP contribution in [0.5, 0.6) is 0 Å². The third-order valence-electron chi connectivity index (χ3n) is 5.28. The van der Waals surface area contributed by atoms with Crippen LogP contribution in [0, 0.1) is 11.3 Å². The van der Waals surface area contributed by atoms with Crippen LogP contribution in [0.15, 0.2) is 42.9 Å². The zero-order chi connectivity index (χ0) is 23.1. The van der Waals surface area contributed by atoms with Gasteiger partial charge >= 0.3 is 6.18 Å². The Bertz CT molecular complexity index is 1210. The van der Waals surface area contributed by atoms with Crippen LogP contribution in [0.1, 0.15) is 53.1 Å². The van der Waals surface area contributed by atoms with Crippen molar-refractivity contribution in [3.8, 4) is 11.9 Å².